The molecule has 6 nitrogen and oxygen atoms in total. The van der Waals surface area contributed by atoms with Gasteiger partial charge in [0.1, 0.15) is 0 Å². The van der Waals surface area contributed by atoms with Crippen molar-refractivity contribution in [3.63, 3.8) is 0 Å². The molecule has 6 heteroatoms. The molecule has 30 heavy (non-hydrogen) atoms. The predicted molar refractivity (Wildman–Crippen MR) is 123 cm³/mol. The van der Waals surface area contributed by atoms with Crippen molar-refractivity contribution in [2.45, 2.75) is 122 Å². The zero-order valence-electron chi connectivity index (χ0n) is 19.1. The van der Waals surface area contributed by atoms with E-state index in [-0.39, 0.29) is 5.91 Å². The maximum Gasteiger partial charge on any atom is 0.243 e. The zero-order chi connectivity index (χ0) is 21.9. The summed E-state index contributed by atoms with van der Waals surface area (Å²) in [5.41, 5.74) is 6.62. The summed E-state index contributed by atoms with van der Waals surface area (Å²) in [4.78, 5) is 30.6. The first-order valence-corrected chi connectivity index (χ1v) is 12.2. The van der Waals surface area contributed by atoms with Gasteiger partial charge in [-0.15, -0.1) is 0 Å². The molecule has 1 aromatic heterocycles. The van der Waals surface area contributed by atoms with Gasteiger partial charge in [-0.1, -0.05) is 96.8 Å². The van der Waals surface area contributed by atoms with Gasteiger partial charge in [-0.25, -0.2) is 4.98 Å². The Morgan fingerprint density at radius 2 is 1.40 bits per heavy atom. The van der Waals surface area contributed by atoms with Crippen molar-refractivity contribution in [2.24, 2.45) is 5.73 Å². The Morgan fingerprint density at radius 3 is 1.87 bits per heavy atom. The largest absolute Gasteiger partial charge is 0.348 e. The average molecular weight is 421 g/mol. The fourth-order valence-corrected chi connectivity index (χ4v) is 3.68. The number of unbranched alkanes of at least 4 members (excludes halogenated alkanes) is 14. The van der Waals surface area contributed by atoms with E-state index in [0.717, 1.165) is 25.0 Å². The van der Waals surface area contributed by atoms with Crippen LogP contribution < -0.4 is 11.1 Å². The Labute approximate surface area is 183 Å². The molecule has 0 bridgehead atoms. The first-order chi connectivity index (χ1) is 14.6. The minimum absolute atomic E-state index is 0.227. The van der Waals surface area contributed by atoms with Crippen molar-refractivity contribution < 1.29 is 9.59 Å². The summed E-state index contributed by atoms with van der Waals surface area (Å²) in [6, 6.07) is -0.740. The van der Waals surface area contributed by atoms with Crippen LogP contribution in [0, 0.1) is 0 Å². The quantitative estimate of drug-likeness (QED) is 0.268. The van der Waals surface area contributed by atoms with Crippen molar-refractivity contribution in [1.82, 2.24) is 15.3 Å². The van der Waals surface area contributed by atoms with Crippen LogP contribution in [-0.2, 0) is 16.0 Å². The highest BCUT2D eigenvalue weighted by molar-refractivity contribution is 5.97. The van der Waals surface area contributed by atoms with Crippen LogP contribution in [0.15, 0.2) is 12.5 Å². The molecule has 0 aromatic carbocycles. The lowest BCUT2D eigenvalue weighted by Gasteiger charge is -2.10. The number of carbonyl (C=O) groups excluding carboxylic acids is 2. The molecule has 0 aliphatic rings. The highest BCUT2D eigenvalue weighted by Gasteiger charge is 2.17. The van der Waals surface area contributed by atoms with Gasteiger partial charge in [0, 0.05) is 24.7 Å². The number of carbonyl (C=O) groups is 2. The lowest BCUT2D eigenvalue weighted by atomic mass is 10.0. The van der Waals surface area contributed by atoms with Gasteiger partial charge >= 0.3 is 0 Å². The van der Waals surface area contributed by atoms with E-state index in [1.165, 1.54) is 77.0 Å². The molecule has 4 N–H and O–H groups in total. The Kier molecular flexibility index (Phi) is 15.9. The van der Waals surface area contributed by atoms with Gasteiger partial charge in [-0.3, -0.25) is 14.9 Å². The number of hydrogen-bond donors (Lipinski definition) is 3. The number of nitrogens with two attached hydrogens (primary N) is 1. The van der Waals surface area contributed by atoms with Gasteiger partial charge in [-0.2, -0.15) is 0 Å². The number of aromatic nitrogens is 2. The van der Waals surface area contributed by atoms with Gasteiger partial charge in [-0.05, 0) is 6.42 Å². The second-order valence-corrected chi connectivity index (χ2v) is 8.50. The van der Waals surface area contributed by atoms with Crippen LogP contribution in [0.1, 0.15) is 115 Å². The number of imide groups is 1. The van der Waals surface area contributed by atoms with Crippen LogP contribution >= 0.6 is 0 Å². The molecular weight excluding hydrogens is 376 g/mol. The van der Waals surface area contributed by atoms with E-state index < -0.39 is 11.9 Å². The third-order valence-electron chi connectivity index (χ3n) is 5.60. The molecule has 0 aliphatic carbocycles. The van der Waals surface area contributed by atoms with Gasteiger partial charge in [0.15, 0.2) is 0 Å². The van der Waals surface area contributed by atoms with E-state index in [4.69, 9.17) is 5.73 Å². The molecule has 0 unspecified atom stereocenters. The second kappa shape index (κ2) is 18.1. The summed E-state index contributed by atoms with van der Waals surface area (Å²) < 4.78 is 0. The molecule has 1 atom stereocenters. The molecule has 0 saturated heterocycles. The molecule has 1 aromatic rings. The van der Waals surface area contributed by atoms with Crippen LogP contribution in [0.25, 0.3) is 0 Å². The van der Waals surface area contributed by atoms with Gasteiger partial charge < -0.3 is 10.7 Å². The first-order valence-electron chi connectivity index (χ1n) is 12.2. The number of amides is 2. The highest BCUT2D eigenvalue weighted by Crippen LogP contribution is 2.13. The monoisotopic (exact) mass is 420 g/mol. The Morgan fingerprint density at radius 1 is 0.900 bits per heavy atom. The minimum atomic E-state index is -0.740. The molecule has 172 valence electrons. The lowest BCUT2D eigenvalue weighted by molar-refractivity contribution is -0.131. The summed E-state index contributed by atoms with van der Waals surface area (Å²) in [5.74, 6) is -0.648. The van der Waals surface area contributed by atoms with Gasteiger partial charge in [0.2, 0.25) is 11.8 Å². The number of imidazole rings is 1. The van der Waals surface area contributed by atoms with Gasteiger partial charge in [0.25, 0.3) is 0 Å². The van der Waals surface area contributed by atoms with Crippen LogP contribution in [0.5, 0.6) is 0 Å². The SMILES string of the molecule is CCCCCCCCCCCCCCCCCC(=O)NC(=O)[C@@H](N)Cc1cnc[nH]1. The minimum Gasteiger partial charge on any atom is -0.348 e. The molecule has 0 saturated carbocycles. The molecule has 2 amide bonds. The fraction of sp³-hybridized carbons (Fsp3) is 0.792. The van der Waals surface area contributed by atoms with Crippen molar-refractivity contribution in [3.8, 4) is 0 Å². The summed E-state index contributed by atoms with van der Waals surface area (Å²) in [6.45, 7) is 2.27. The topological polar surface area (TPSA) is 101 Å². The summed E-state index contributed by atoms with van der Waals surface area (Å²) in [6.07, 6.45) is 23.3. The second-order valence-electron chi connectivity index (χ2n) is 8.50. The summed E-state index contributed by atoms with van der Waals surface area (Å²) >= 11 is 0. The third-order valence-corrected chi connectivity index (χ3v) is 5.60. The molecule has 1 heterocycles. The van der Waals surface area contributed by atoms with Crippen molar-refractivity contribution >= 4 is 11.8 Å². The zero-order valence-corrected chi connectivity index (χ0v) is 19.1. The Hall–Kier alpha value is -1.69. The van der Waals surface area contributed by atoms with E-state index in [2.05, 4.69) is 22.2 Å². The third kappa shape index (κ3) is 14.3. The Bertz CT molecular complexity index is 545. The number of nitrogens with one attached hydrogen (secondary N) is 2. The standard InChI is InChI=1S/C24H44N4O2/c1-2-3-4-5-6-7-8-9-10-11-12-13-14-15-16-17-23(29)28-24(30)22(25)18-21-19-26-20-27-21/h19-20,22H,2-18,25H2,1H3,(H,26,27)(H,28,29,30)/t22-/m0/s1. The lowest BCUT2D eigenvalue weighted by Crippen LogP contribution is -2.44. The number of H-pyrrole nitrogens is 1. The maximum absolute atomic E-state index is 11.9. The number of rotatable bonds is 19. The average Bonchev–Trinajstić information content (AvgIpc) is 3.23. The van der Waals surface area contributed by atoms with Crippen molar-refractivity contribution in [3.05, 3.63) is 18.2 Å². The molecular formula is C24H44N4O2. The van der Waals surface area contributed by atoms with Crippen LogP contribution in [-0.4, -0.2) is 27.8 Å². The summed E-state index contributed by atoms with van der Waals surface area (Å²) in [7, 11) is 0. The van der Waals surface area contributed by atoms with E-state index in [1.807, 2.05) is 0 Å². The number of nitrogens with zero attached hydrogens (tertiary/aromatic N) is 1. The fourth-order valence-electron chi connectivity index (χ4n) is 3.68. The molecule has 0 aliphatic heterocycles. The molecule has 0 spiro atoms. The number of hydrogen-bond acceptors (Lipinski definition) is 4. The van der Waals surface area contributed by atoms with E-state index in [9.17, 15) is 9.59 Å². The normalized spacial score (nSPS) is 12.1. The summed E-state index contributed by atoms with van der Waals surface area (Å²) in [5, 5.41) is 2.40. The van der Waals surface area contributed by atoms with E-state index >= 15 is 0 Å². The molecule has 1 rings (SSSR count). The first kappa shape index (κ1) is 26.3. The number of aromatic amines is 1. The van der Waals surface area contributed by atoms with Crippen LogP contribution in [0.3, 0.4) is 0 Å². The van der Waals surface area contributed by atoms with Crippen LogP contribution in [0.2, 0.25) is 0 Å². The van der Waals surface area contributed by atoms with Crippen molar-refractivity contribution in [2.75, 3.05) is 0 Å². The van der Waals surface area contributed by atoms with E-state index in [0.29, 0.717) is 12.8 Å². The van der Waals surface area contributed by atoms with E-state index in [1.54, 1.807) is 12.5 Å². The molecule has 0 radical (unpaired) electrons. The van der Waals surface area contributed by atoms with Crippen molar-refractivity contribution in [1.29, 1.82) is 0 Å². The van der Waals surface area contributed by atoms with Crippen LogP contribution in [0.4, 0.5) is 0 Å². The maximum atomic E-state index is 11.9. The molecule has 0 fully saturated rings. The smallest absolute Gasteiger partial charge is 0.243 e. The van der Waals surface area contributed by atoms with Gasteiger partial charge in [0.05, 0.1) is 12.4 Å². The Balaban J connectivity index is 1.86. The predicted octanol–water partition coefficient (Wildman–Crippen LogP) is 5.18. The highest BCUT2D eigenvalue weighted by atomic mass is 16.2.